The second-order valence-corrected chi connectivity index (χ2v) is 6.59. The van der Waals surface area contributed by atoms with Gasteiger partial charge in [-0.05, 0) is 33.6 Å². The zero-order valence-electron chi connectivity index (χ0n) is 12.6. The molecule has 6 nitrogen and oxygen atoms in total. The summed E-state index contributed by atoms with van der Waals surface area (Å²) in [6, 6.07) is 0.408. The Bertz CT molecular complexity index is 366. The predicted octanol–water partition coefficient (Wildman–Crippen LogP) is 0.818. The standard InChI is InChI=1S/C14H25N3O3/c1-14(2,3)20-13(19)17-8-6-16(7-9-17)10-12(18)15-11-4-5-11/h11H,4-10H2,1-3H3,(H,15,18). The van der Waals surface area contributed by atoms with E-state index >= 15 is 0 Å². The van der Waals surface area contributed by atoms with Gasteiger partial charge in [0, 0.05) is 32.2 Å². The van der Waals surface area contributed by atoms with Crippen molar-refractivity contribution in [1.29, 1.82) is 0 Å². The number of rotatable bonds is 3. The van der Waals surface area contributed by atoms with Crippen molar-refractivity contribution in [1.82, 2.24) is 15.1 Å². The van der Waals surface area contributed by atoms with Gasteiger partial charge in [0.1, 0.15) is 5.60 Å². The van der Waals surface area contributed by atoms with Crippen molar-refractivity contribution in [2.24, 2.45) is 0 Å². The third kappa shape index (κ3) is 5.00. The molecule has 2 rings (SSSR count). The summed E-state index contributed by atoms with van der Waals surface area (Å²) in [5.74, 6) is 0.0956. The van der Waals surface area contributed by atoms with E-state index in [0.717, 1.165) is 25.9 Å². The van der Waals surface area contributed by atoms with Crippen molar-refractivity contribution >= 4 is 12.0 Å². The highest BCUT2D eigenvalue weighted by Crippen LogP contribution is 2.18. The van der Waals surface area contributed by atoms with E-state index in [1.165, 1.54) is 0 Å². The molecule has 114 valence electrons. The lowest BCUT2D eigenvalue weighted by molar-refractivity contribution is -0.122. The molecule has 1 saturated carbocycles. The molecule has 20 heavy (non-hydrogen) atoms. The average molecular weight is 283 g/mol. The summed E-state index contributed by atoms with van der Waals surface area (Å²) in [4.78, 5) is 27.4. The number of hydrogen-bond acceptors (Lipinski definition) is 4. The third-order valence-electron chi connectivity index (χ3n) is 3.33. The highest BCUT2D eigenvalue weighted by Gasteiger charge is 2.28. The maximum Gasteiger partial charge on any atom is 0.410 e. The lowest BCUT2D eigenvalue weighted by Crippen LogP contribution is -2.52. The fraction of sp³-hybridized carbons (Fsp3) is 0.857. The van der Waals surface area contributed by atoms with Gasteiger partial charge in [-0.3, -0.25) is 9.69 Å². The topological polar surface area (TPSA) is 61.9 Å². The van der Waals surface area contributed by atoms with Crippen molar-refractivity contribution in [3.05, 3.63) is 0 Å². The van der Waals surface area contributed by atoms with Gasteiger partial charge in [-0.1, -0.05) is 0 Å². The van der Waals surface area contributed by atoms with Crippen LogP contribution in [0.25, 0.3) is 0 Å². The van der Waals surface area contributed by atoms with Crippen LogP contribution in [0.4, 0.5) is 4.79 Å². The Morgan fingerprint density at radius 1 is 1.15 bits per heavy atom. The van der Waals surface area contributed by atoms with Gasteiger partial charge in [0.15, 0.2) is 0 Å². The van der Waals surface area contributed by atoms with E-state index in [0.29, 0.717) is 25.7 Å². The van der Waals surface area contributed by atoms with Crippen LogP contribution in [-0.2, 0) is 9.53 Å². The number of amides is 2. The summed E-state index contributed by atoms with van der Waals surface area (Å²) in [5, 5.41) is 2.98. The molecule has 6 heteroatoms. The Balaban J connectivity index is 1.68. The summed E-state index contributed by atoms with van der Waals surface area (Å²) in [7, 11) is 0. The first kappa shape index (κ1) is 15.1. The predicted molar refractivity (Wildman–Crippen MR) is 75.4 cm³/mol. The number of nitrogens with one attached hydrogen (secondary N) is 1. The van der Waals surface area contributed by atoms with E-state index in [2.05, 4.69) is 10.2 Å². The Kier molecular flexibility index (Phi) is 4.52. The van der Waals surface area contributed by atoms with Crippen molar-refractivity contribution in [3.8, 4) is 0 Å². The molecule has 0 aromatic rings. The molecule has 0 spiro atoms. The van der Waals surface area contributed by atoms with Crippen molar-refractivity contribution in [2.75, 3.05) is 32.7 Å². The first-order chi connectivity index (χ1) is 9.33. The molecule has 0 atom stereocenters. The second kappa shape index (κ2) is 5.99. The van der Waals surface area contributed by atoms with Gasteiger partial charge >= 0.3 is 6.09 Å². The Morgan fingerprint density at radius 3 is 2.25 bits per heavy atom. The molecule has 0 unspecified atom stereocenters. The van der Waals surface area contributed by atoms with Crippen LogP contribution in [-0.4, -0.2) is 66.2 Å². The maximum atomic E-state index is 11.9. The molecule has 2 amide bonds. The molecule has 2 fully saturated rings. The molecular weight excluding hydrogens is 258 g/mol. The normalized spacial score (nSPS) is 20.6. The van der Waals surface area contributed by atoms with Crippen molar-refractivity contribution < 1.29 is 14.3 Å². The zero-order valence-corrected chi connectivity index (χ0v) is 12.6. The van der Waals surface area contributed by atoms with Gasteiger partial charge in [0.05, 0.1) is 6.54 Å². The number of piperazine rings is 1. The maximum absolute atomic E-state index is 11.9. The first-order valence-electron chi connectivity index (χ1n) is 7.33. The minimum absolute atomic E-state index is 0.0956. The summed E-state index contributed by atoms with van der Waals surface area (Å²) >= 11 is 0. The van der Waals surface area contributed by atoms with Crippen LogP contribution in [0, 0.1) is 0 Å². The van der Waals surface area contributed by atoms with E-state index in [4.69, 9.17) is 4.74 Å². The van der Waals surface area contributed by atoms with Crippen LogP contribution in [0.1, 0.15) is 33.6 Å². The summed E-state index contributed by atoms with van der Waals surface area (Å²) in [6.07, 6.45) is 1.95. The molecule has 0 bridgehead atoms. The lowest BCUT2D eigenvalue weighted by atomic mass is 10.2. The van der Waals surface area contributed by atoms with Gasteiger partial charge in [-0.2, -0.15) is 0 Å². The monoisotopic (exact) mass is 283 g/mol. The number of hydrogen-bond donors (Lipinski definition) is 1. The molecule has 0 radical (unpaired) electrons. The van der Waals surface area contributed by atoms with Gasteiger partial charge < -0.3 is 15.0 Å². The Hall–Kier alpha value is -1.30. The quantitative estimate of drug-likeness (QED) is 0.833. The largest absolute Gasteiger partial charge is 0.444 e. The molecule has 0 aromatic carbocycles. The fourth-order valence-corrected chi connectivity index (χ4v) is 2.12. The van der Waals surface area contributed by atoms with Crippen LogP contribution < -0.4 is 5.32 Å². The Labute approximate surface area is 120 Å². The van der Waals surface area contributed by atoms with Crippen LogP contribution in [0.3, 0.4) is 0 Å². The van der Waals surface area contributed by atoms with E-state index in [-0.39, 0.29) is 12.0 Å². The van der Waals surface area contributed by atoms with E-state index < -0.39 is 5.60 Å². The van der Waals surface area contributed by atoms with E-state index in [9.17, 15) is 9.59 Å². The first-order valence-corrected chi connectivity index (χ1v) is 7.33. The molecule has 0 aromatic heterocycles. The molecule has 1 aliphatic heterocycles. The van der Waals surface area contributed by atoms with Crippen LogP contribution in [0.2, 0.25) is 0 Å². The molecule has 1 aliphatic carbocycles. The highest BCUT2D eigenvalue weighted by atomic mass is 16.6. The van der Waals surface area contributed by atoms with Gasteiger partial charge in [-0.25, -0.2) is 4.79 Å². The van der Waals surface area contributed by atoms with Gasteiger partial charge in [0.2, 0.25) is 5.91 Å². The molecule has 1 heterocycles. The summed E-state index contributed by atoms with van der Waals surface area (Å²) in [5.41, 5.74) is -0.460. The molecule has 1 saturated heterocycles. The number of carbonyl (C=O) groups is 2. The fourth-order valence-electron chi connectivity index (χ4n) is 2.12. The van der Waals surface area contributed by atoms with Crippen LogP contribution in [0.15, 0.2) is 0 Å². The third-order valence-corrected chi connectivity index (χ3v) is 3.33. The summed E-state index contributed by atoms with van der Waals surface area (Å²) in [6.45, 7) is 8.70. The lowest BCUT2D eigenvalue weighted by Gasteiger charge is -2.35. The number of ether oxygens (including phenoxy) is 1. The number of nitrogens with zero attached hydrogens (tertiary/aromatic N) is 2. The van der Waals surface area contributed by atoms with Gasteiger partial charge in [-0.15, -0.1) is 0 Å². The van der Waals surface area contributed by atoms with E-state index in [1.54, 1.807) is 4.90 Å². The van der Waals surface area contributed by atoms with Gasteiger partial charge in [0.25, 0.3) is 0 Å². The minimum Gasteiger partial charge on any atom is -0.444 e. The smallest absolute Gasteiger partial charge is 0.410 e. The Morgan fingerprint density at radius 2 is 1.75 bits per heavy atom. The molecule has 1 N–H and O–H groups in total. The molecule has 2 aliphatic rings. The van der Waals surface area contributed by atoms with Crippen molar-refractivity contribution in [3.63, 3.8) is 0 Å². The zero-order chi connectivity index (χ0) is 14.8. The SMILES string of the molecule is CC(C)(C)OC(=O)N1CCN(CC(=O)NC2CC2)CC1. The second-order valence-electron chi connectivity index (χ2n) is 6.59. The van der Waals surface area contributed by atoms with Crippen molar-refractivity contribution in [2.45, 2.75) is 45.3 Å². The van der Waals surface area contributed by atoms with E-state index in [1.807, 2.05) is 20.8 Å². The molecular formula is C14H25N3O3. The minimum atomic E-state index is -0.460. The number of carbonyl (C=O) groups excluding carboxylic acids is 2. The summed E-state index contributed by atoms with van der Waals surface area (Å²) < 4.78 is 5.34. The van der Waals surface area contributed by atoms with Crippen LogP contribution >= 0.6 is 0 Å². The average Bonchev–Trinajstić information content (AvgIpc) is 3.11. The highest BCUT2D eigenvalue weighted by molar-refractivity contribution is 5.78. The van der Waals surface area contributed by atoms with Crippen LogP contribution in [0.5, 0.6) is 0 Å².